The number of rotatable bonds is 5. The largest absolute Gasteiger partial charge is 0.481 e. The standard InChI is InChI=1S/C10H11N3O2S2/c1-7-3-13(4-8-2-11-6-17-8)10(12-7)16-5-9(14)15/h2-3,6H,4-5H2,1H3,(H,14,15). The van der Waals surface area contributed by atoms with E-state index in [9.17, 15) is 4.79 Å². The molecule has 0 aliphatic heterocycles. The fraction of sp³-hybridized carbons (Fsp3) is 0.300. The van der Waals surface area contributed by atoms with Gasteiger partial charge in [-0.05, 0) is 6.92 Å². The lowest BCUT2D eigenvalue weighted by Gasteiger charge is -2.03. The Hall–Kier alpha value is -1.34. The van der Waals surface area contributed by atoms with E-state index < -0.39 is 5.97 Å². The highest BCUT2D eigenvalue weighted by molar-refractivity contribution is 7.99. The van der Waals surface area contributed by atoms with Crippen LogP contribution >= 0.6 is 23.1 Å². The van der Waals surface area contributed by atoms with Gasteiger partial charge in [-0.1, -0.05) is 11.8 Å². The lowest BCUT2D eigenvalue weighted by molar-refractivity contribution is -0.133. The number of nitrogens with zero attached hydrogens (tertiary/aromatic N) is 3. The maximum absolute atomic E-state index is 10.5. The second-order valence-electron chi connectivity index (χ2n) is 3.44. The molecule has 0 saturated heterocycles. The van der Waals surface area contributed by atoms with Crippen LogP contribution in [0.4, 0.5) is 0 Å². The van der Waals surface area contributed by atoms with E-state index in [0.29, 0.717) is 6.54 Å². The lowest BCUT2D eigenvalue weighted by atomic mass is 10.5. The summed E-state index contributed by atoms with van der Waals surface area (Å²) in [6.07, 6.45) is 3.73. The number of thiazole rings is 1. The second-order valence-corrected chi connectivity index (χ2v) is 5.36. The van der Waals surface area contributed by atoms with Gasteiger partial charge in [0, 0.05) is 17.3 Å². The average Bonchev–Trinajstić information content (AvgIpc) is 2.86. The van der Waals surface area contributed by atoms with Gasteiger partial charge in [0.2, 0.25) is 0 Å². The zero-order valence-electron chi connectivity index (χ0n) is 9.16. The van der Waals surface area contributed by atoms with Gasteiger partial charge in [-0.3, -0.25) is 9.78 Å². The van der Waals surface area contributed by atoms with Crippen LogP contribution in [0.2, 0.25) is 0 Å². The number of imidazole rings is 1. The maximum Gasteiger partial charge on any atom is 0.313 e. The van der Waals surface area contributed by atoms with Crippen molar-refractivity contribution in [3.05, 3.63) is 28.5 Å². The van der Waals surface area contributed by atoms with Crippen LogP contribution in [0.5, 0.6) is 0 Å². The SMILES string of the molecule is Cc1cn(Cc2cncs2)c(SCC(=O)O)n1. The van der Waals surface area contributed by atoms with Crippen molar-refractivity contribution in [2.45, 2.75) is 18.6 Å². The Bertz CT molecular complexity index is 508. The maximum atomic E-state index is 10.5. The molecule has 0 aromatic carbocycles. The van der Waals surface area contributed by atoms with Gasteiger partial charge < -0.3 is 9.67 Å². The van der Waals surface area contributed by atoms with Crippen LogP contribution in [0.3, 0.4) is 0 Å². The zero-order valence-corrected chi connectivity index (χ0v) is 10.8. The fourth-order valence-electron chi connectivity index (χ4n) is 1.37. The van der Waals surface area contributed by atoms with Gasteiger partial charge >= 0.3 is 5.97 Å². The molecule has 0 amide bonds. The van der Waals surface area contributed by atoms with Crippen molar-refractivity contribution < 1.29 is 9.90 Å². The molecular formula is C10H11N3O2S2. The second kappa shape index (κ2) is 5.33. The Balaban J connectivity index is 2.12. The summed E-state index contributed by atoms with van der Waals surface area (Å²) in [5.74, 6) is -0.806. The van der Waals surface area contributed by atoms with Crippen LogP contribution in [0, 0.1) is 6.92 Å². The van der Waals surface area contributed by atoms with E-state index in [0.717, 1.165) is 15.7 Å². The molecule has 0 atom stereocenters. The van der Waals surface area contributed by atoms with Crippen LogP contribution in [-0.4, -0.2) is 31.4 Å². The number of thioether (sulfide) groups is 1. The summed E-state index contributed by atoms with van der Waals surface area (Å²) in [4.78, 5) is 20.0. The summed E-state index contributed by atoms with van der Waals surface area (Å²) < 4.78 is 1.95. The third-order valence-corrected chi connectivity index (χ3v) is 3.73. The monoisotopic (exact) mass is 269 g/mol. The first-order chi connectivity index (χ1) is 8.15. The molecule has 17 heavy (non-hydrogen) atoms. The number of aliphatic carboxylic acids is 1. The van der Waals surface area contributed by atoms with Gasteiger partial charge in [0.1, 0.15) is 0 Å². The molecule has 0 aliphatic carbocycles. The van der Waals surface area contributed by atoms with Crippen LogP contribution in [0.15, 0.2) is 23.1 Å². The smallest absolute Gasteiger partial charge is 0.313 e. The fourth-order valence-corrected chi connectivity index (χ4v) is 2.70. The number of carbonyl (C=O) groups is 1. The van der Waals surface area contributed by atoms with Crippen LogP contribution in [-0.2, 0) is 11.3 Å². The summed E-state index contributed by atoms with van der Waals surface area (Å²) in [5, 5.41) is 9.40. The van der Waals surface area contributed by atoms with Gasteiger partial charge in [-0.15, -0.1) is 11.3 Å². The predicted molar refractivity (Wildman–Crippen MR) is 66.5 cm³/mol. The number of carboxylic acids is 1. The minimum Gasteiger partial charge on any atom is -0.481 e. The minimum atomic E-state index is -0.833. The molecule has 0 aliphatic rings. The van der Waals surface area contributed by atoms with Gasteiger partial charge in [-0.2, -0.15) is 0 Å². The average molecular weight is 269 g/mol. The summed E-state index contributed by atoms with van der Waals surface area (Å²) in [6, 6.07) is 0. The quantitative estimate of drug-likeness (QED) is 0.839. The van der Waals surface area contributed by atoms with Crippen molar-refractivity contribution in [1.82, 2.24) is 14.5 Å². The predicted octanol–water partition coefficient (Wildman–Crippen LogP) is 1.87. The highest BCUT2D eigenvalue weighted by atomic mass is 32.2. The molecule has 2 heterocycles. The van der Waals surface area contributed by atoms with E-state index in [1.54, 1.807) is 16.8 Å². The minimum absolute atomic E-state index is 0.0269. The third-order valence-electron chi connectivity index (χ3n) is 1.99. The third kappa shape index (κ3) is 3.31. The number of aryl methyl sites for hydroxylation is 1. The number of hydrogen-bond donors (Lipinski definition) is 1. The van der Waals surface area contributed by atoms with Crippen molar-refractivity contribution in [1.29, 1.82) is 0 Å². The molecule has 0 unspecified atom stereocenters. The van der Waals surface area contributed by atoms with E-state index >= 15 is 0 Å². The van der Waals surface area contributed by atoms with Crippen LogP contribution in [0.1, 0.15) is 10.6 Å². The van der Waals surface area contributed by atoms with Crippen molar-refractivity contribution in [3.63, 3.8) is 0 Å². The first kappa shape index (κ1) is 12.1. The van der Waals surface area contributed by atoms with Crippen molar-refractivity contribution in [2.24, 2.45) is 0 Å². The Morgan fingerprint density at radius 3 is 3.12 bits per heavy atom. The van der Waals surface area contributed by atoms with E-state index in [4.69, 9.17) is 5.11 Å². The Labute approximate surface area is 107 Å². The molecule has 1 N–H and O–H groups in total. The molecule has 0 bridgehead atoms. The van der Waals surface area contributed by atoms with Gasteiger partial charge in [0.05, 0.1) is 23.5 Å². The van der Waals surface area contributed by atoms with Crippen LogP contribution < -0.4 is 0 Å². The van der Waals surface area contributed by atoms with Gasteiger partial charge in [0.25, 0.3) is 0 Å². The molecule has 90 valence electrons. The van der Waals surface area contributed by atoms with E-state index in [2.05, 4.69) is 9.97 Å². The number of aromatic nitrogens is 3. The zero-order chi connectivity index (χ0) is 12.3. The van der Waals surface area contributed by atoms with Gasteiger partial charge in [0.15, 0.2) is 5.16 Å². The normalized spacial score (nSPS) is 10.6. The van der Waals surface area contributed by atoms with Crippen LogP contribution in [0.25, 0.3) is 0 Å². The molecule has 0 spiro atoms. The molecule has 0 radical (unpaired) electrons. The van der Waals surface area contributed by atoms with Crippen molar-refractivity contribution >= 4 is 29.1 Å². The molecular weight excluding hydrogens is 258 g/mol. The van der Waals surface area contributed by atoms with Crippen molar-refractivity contribution in [2.75, 3.05) is 5.75 Å². The molecule has 7 heteroatoms. The number of carboxylic acid groups (broad SMARTS) is 1. The Kier molecular flexibility index (Phi) is 3.80. The topological polar surface area (TPSA) is 68.0 Å². The molecule has 5 nitrogen and oxygen atoms in total. The van der Waals surface area contributed by atoms with E-state index in [-0.39, 0.29) is 5.75 Å². The van der Waals surface area contributed by atoms with Gasteiger partial charge in [-0.25, -0.2) is 4.98 Å². The summed E-state index contributed by atoms with van der Waals surface area (Å²) in [6.45, 7) is 2.58. The first-order valence-corrected chi connectivity index (χ1v) is 6.77. The molecule has 2 aromatic rings. The molecule has 0 saturated carbocycles. The summed E-state index contributed by atoms with van der Waals surface area (Å²) in [7, 11) is 0. The van der Waals surface area contributed by atoms with E-state index in [1.807, 2.05) is 23.9 Å². The number of hydrogen-bond acceptors (Lipinski definition) is 5. The molecule has 0 fully saturated rings. The van der Waals surface area contributed by atoms with Crippen molar-refractivity contribution in [3.8, 4) is 0 Å². The molecule has 2 aromatic heterocycles. The summed E-state index contributed by atoms with van der Waals surface area (Å²) in [5.41, 5.74) is 2.67. The Morgan fingerprint density at radius 1 is 1.65 bits per heavy atom. The highest BCUT2D eigenvalue weighted by Gasteiger charge is 2.09. The Morgan fingerprint density at radius 2 is 2.47 bits per heavy atom. The molecule has 2 rings (SSSR count). The summed E-state index contributed by atoms with van der Waals surface area (Å²) >= 11 is 2.81. The van der Waals surface area contributed by atoms with E-state index in [1.165, 1.54) is 11.8 Å². The first-order valence-electron chi connectivity index (χ1n) is 4.91. The lowest BCUT2D eigenvalue weighted by Crippen LogP contribution is -2.02. The highest BCUT2D eigenvalue weighted by Crippen LogP contribution is 2.19.